The van der Waals surface area contributed by atoms with Crippen LogP contribution in [0.1, 0.15) is 26.7 Å². The lowest BCUT2D eigenvalue weighted by Gasteiger charge is -2.13. The first-order valence-corrected chi connectivity index (χ1v) is 12.5. The molecule has 38 heavy (non-hydrogen) atoms. The highest BCUT2D eigenvalue weighted by Gasteiger charge is 2.18. The first-order valence-electron chi connectivity index (χ1n) is 12.5. The van der Waals surface area contributed by atoms with Gasteiger partial charge in [-0.3, -0.25) is 0 Å². The largest absolute Gasteiger partial charge is 0.507 e. The number of aliphatic hydroxyl groups excluding tert-OH is 2. The van der Waals surface area contributed by atoms with Crippen LogP contribution in [0.25, 0.3) is 34.2 Å². The van der Waals surface area contributed by atoms with Crippen LogP contribution >= 0.6 is 0 Å². The van der Waals surface area contributed by atoms with E-state index in [-0.39, 0.29) is 36.4 Å². The summed E-state index contributed by atoms with van der Waals surface area (Å²) in [7, 11) is 0. The molecule has 0 bridgehead atoms. The van der Waals surface area contributed by atoms with Gasteiger partial charge in [0.1, 0.15) is 36.2 Å². The molecule has 0 saturated carbocycles. The van der Waals surface area contributed by atoms with E-state index in [2.05, 4.69) is 15.0 Å². The maximum Gasteiger partial charge on any atom is 0.167 e. The third-order valence-corrected chi connectivity index (χ3v) is 5.91. The van der Waals surface area contributed by atoms with Crippen LogP contribution in [0.2, 0.25) is 0 Å². The van der Waals surface area contributed by atoms with Crippen molar-refractivity contribution < 1.29 is 29.9 Å². The predicted octanol–water partition coefficient (Wildman–Crippen LogP) is 4.58. The Morgan fingerprint density at radius 2 is 1.08 bits per heavy atom. The molecule has 0 radical (unpaired) electrons. The number of phenolic OH excluding ortho intramolecular Hbond substituents is 2. The Labute approximate surface area is 221 Å². The van der Waals surface area contributed by atoms with Crippen LogP contribution in [0, 0.1) is 0 Å². The minimum Gasteiger partial charge on any atom is -0.507 e. The van der Waals surface area contributed by atoms with E-state index in [0.717, 1.165) is 5.56 Å². The average Bonchev–Trinajstić information content (AvgIpc) is 2.94. The summed E-state index contributed by atoms with van der Waals surface area (Å²) in [6.07, 6.45) is -0.0867. The number of rotatable bonds is 11. The highest BCUT2D eigenvalue weighted by Crippen LogP contribution is 2.35. The zero-order chi connectivity index (χ0) is 27.1. The van der Waals surface area contributed by atoms with E-state index in [4.69, 9.17) is 9.47 Å². The smallest absolute Gasteiger partial charge is 0.167 e. The Kier molecular flexibility index (Phi) is 8.73. The predicted molar refractivity (Wildman–Crippen MR) is 143 cm³/mol. The first-order chi connectivity index (χ1) is 18.4. The first kappa shape index (κ1) is 26.8. The zero-order valence-corrected chi connectivity index (χ0v) is 21.3. The fourth-order valence-corrected chi connectivity index (χ4v) is 3.53. The lowest BCUT2D eigenvalue weighted by atomic mass is 10.1. The average molecular weight is 518 g/mol. The lowest BCUT2D eigenvalue weighted by Crippen LogP contribution is -2.15. The van der Waals surface area contributed by atoms with Gasteiger partial charge in [0.15, 0.2) is 17.5 Å². The van der Waals surface area contributed by atoms with Gasteiger partial charge in [-0.05, 0) is 37.1 Å². The topological polar surface area (TPSA) is 138 Å². The Morgan fingerprint density at radius 1 is 0.632 bits per heavy atom. The third kappa shape index (κ3) is 6.56. The van der Waals surface area contributed by atoms with Crippen molar-refractivity contribution >= 4 is 0 Å². The van der Waals surface area contributed by atoms with Gasteiger partial charge in [-0.15, -0.1) is 0 Å². The standard InChI is InChI=1S/C29H31N3O6/c1-3-19(33)16-37-21-10-12-23(25(35)14-21)28-30-27(18-8-6-5-7-9-18)31-29(32-28)24-13-11-22(15-26(24)36)38-17-20(34)4-2/h5-15,19-20,33-36H,3-4,16-17H2,1-2H3. The van der Waals surface area contributed by atoms with Crippen LogP contribution in [0.4, 0.5) is 0 Å². The molecule has 0 amide bonds. The Bertz CT molecular complexity index is 1280. The number of aromatic hydroxyl groups is 2. The van der Waals surface area contributed by atoms with Crippen molar-refractivity contribution in [3.05, 3.63) is 66.7 Å². The molecule has 0 aliphatic carbocycles. The summed E-state index contributed by atoms with van der Waals surface area (Å²) >= 11 is 0. The molecule has 198 valence electrons. The zero-order valence-electron chi connectivity index (χ0n) is 21.3. The summed E-state index contributed by atoms with van der Waals surface area (Å²) in [5.74, 6) is 1.37. The van der Waals surface area contributed by atoms with Crippen LogP contribution in [0.3, 0.4) is 0 Å². The van der Waals surface area contributed by atoms with E-state index in [1.807, 2.05) is 44.2 Å². The fourth-order valence-electron chi connectivity index (χ4n) is 3.53. The molecule has 0 aliphatic rings. The third-order valence-electron chi connectivity index (χ3n) is 5.91. The monoisotopic (exact) mass is 517 g/mol. The molecule has 0 spiro atoms. The number of nitrogens with zero attached hydrogens (tertiary/aromatic N) is 3. The van der Waals surface area contributed by atoms with Crippen molar-refractivity contribution in [2.24, 2.45) is 0 Å². The van der Waals surface area contributed by atoms with Gasteiger partial charge in [-0.25, -0.2) is 15.0 Å². The minimum atomic E-state index is -0.600. The van der Waals surface area contributed by atoms with Gasteiger partial charge in [0.25, 0.3) is 0 Å². The number of aromatic nitrogens is 3. The van der Waals surface area contributed by atoms with Crippen molar-refractivity contribution in [1.82, 2.24) is 15.0 Å². The van der Waals surface area contributed by atoms with Gasteiger partial charge in [0, 0.05) is 17.7 Å². The second kappa shape index (κ2) is 12.4. The summed E-state index contributed by atoms with van der Waals surface area (Å²) in [5.41, 5.74) is 1.43. The van der Waals surface area contributed by atoms with Crippen LogP contribution in [-0.2, 0) is 0 Å². The van der Waals surface area contributed by atoms with Crippen molar-refractivity contribution in [2.75, 3.05) is 13.2 Å². The molecule has 3 aromatic carbocycles. The van der Waals surface area contributed by atoms with Crippen molar-refractivity contribution in [3.8, 4) is 57.2 Å². The summed E-state index contributed by atoms with van der Waals surface area (Å²) in [5, 5.41) is 41.1. The highest BCUT2D eigenvalue weighted by molar-refractivity contribution is 5.72. The van der Waals surface area contributed by atoms with E-state index < -0.39 is 12.2 Å². The number of phenols is 2. The highest BCUT2D eigenvalue weighted by atomic mass is 16.5. The van der Waals surface area contributed by atoms with E-state index in [0.29, 0.717) is 41.3 Å². The molecule has 0 aliphatic heterocycles. The van der Waals surface area contributed by atoms with Crippen molar-refractivity contribution in [1.29, 1.82) is 0 Å². The van der Waals surface area contributed by atoms with E-state index >= 15 is 0 Å². The van der Waals surface area contributed by atoms with Crippen LogP contribution in [0.15, 0.2) is 66.7 Å². The van der Waals surface area contributed by atoms with Gasteiger partial charge >= 0.3 is 0 Å². The SMILES string of the molecule is CCC(O)COc1ccc(-c2nc(-c3ccccc3)nc(-c3ccc(OCC(O)CC)cc3O)n2)c(O)c1. The maximum absolute atomic E-state index is 10.8. The Hall–Kier alpha value is -4.21. The van der Waals surface area contributed by atoms with Gasteiger partial charge in [0.05, 0.1) is 23.3 Å². The molecule has 4 rings (SSSR count). The maximum atomic E-state index is 10.8. The van der Waals surface area contributed by atoms with E-state index in [1.165, 1.54) is 12.1 Å². The summed E-state index contributed by atoms with van der Waals surface area (Å²) in [6, 6.07) is 18.8. The van der Waals surface area contributed by atoms with Crippen LogP contribution in [-0.4, -0.2) is 60.8 Å². The molecular weight excluding hydrogens is 486 g/mol. The molecule has 4 aromatic rings. The normalized spacial score (nSPS) is 12.6. The number of ether oxygens (including phenoxy) is 2. The number of hydrogen-bond acceptors (Lipinski definition) is 9. The molecule has 4 N–H and O–H groups in total. The second-order valence-electron chi connectivity index (χ2n) is 8.78. The number of benzene rings is 3. The fraction of sp³-hybridized carbons (Fsp3) is 0.276. The van der Waals surface area contributed by atoms with Gasteiger partial charge in [-0.2, -0.15) is 0 Å². The van der Waals surface area contributed by atoms with E-state index in [9.17, 15) is 20.4 Å². The molecule has 2 atom stereocenters. The summed E-state index contributed by atoms with van der Waals surface area (Å²) in [4.78, 5) is 13.7. The number of hydrogen-bond donors (Lipinski definition) is 4. The number of aliphatic hydroxyl groups is 2. The summed E-state index contributed by atoms with van der Waals surface area (Å²) in [6.45, 7) is 3.93. The Balaban J connectivity index is 1.72. The second-order valence-corrected chi connectivity index (χ2v) is 8.78. The quantitative estimate of drug-likeness (QED) is 0.225. The van der Waals surface area contributed by atoms with Crippen LogP contribution in [0.5, 0.6) is 23.0 Å². The molecule has 9 heteroatoms. The van der Waals surface area contributed by atoms with Gasteiger partial charge in [-0.1, -0.05) is 44.2 Å². The van der Waals surface area contributed by atoms with E-state index in [1.54, 1.807) is 24.3 Å². The molecule has 0 saturated heterocycles. The van der Waals surface area contributed by atoms with Gasteiger partial charge in [0.2, 0.25) is 0 Å². The van der Waals surface area contributed by atoms with Gasteiger partial charge < -0.3 is 29.9 Å². The van der Waals surface area contributed by atoms with Crippen molar-refractivity contribution in [3.63, 3.8) is 0 Å². The molecule has 1 heterocycles. The van der Waals surface area contributed by atoms with Crippen LogP contribution < -0.4 is 9.47 Å². The molecule has 9 nitrogen and oxygen atoms in total. The van der Waals surface area contributed by atoms with Crippen molar-refractivity contribution in [2.45, 2.75) is 38.9 Å². The molecule has 2 unspecified atom stereocenters. The summed E-state index contributed by atoms with van der Waals surface area (Å²) < 4.78 is 11.1. The minimum absolute atomic E-state index is 0.105. The molecule has 1 aromatic heterocycles. The molecule has 0 fully saturated rings. The Morgan fingerprint density at radius 3 is 1.50 bits per heavy atom. The lowest BCUT2D eigenvalue weighted by molar-refractivity contribution is 0.104. The molecular formula is C29H31N3O6.